The van der Waals surface area contributed by atoms with Crippen LogP contribution < -0.4 is 15.4 Å². The van der Waals surface area contributed by atoms with Crippen LogP contribution in [0, 0.1) is 0 Å². The van der Waals surface area contributed by atoms with Gasteiger partial charge >= 0.3 is 6.03 Å². The highest BCUT2D eigenvalue weighted by Crippen LogP contribution is 2.17. The van der Waals surface area contributed by atoms with Crippen molar-refractivity contribution in [2.75, 3.05) is 23.8 Å². The van der Waals surface area contributed by atoms with Gasteiger partial charge in [0, 0.05) is 18.5 Å². The van der Waals surface area contributed by atoms with Crippen LogP contribution in [-0.4, -0.2) is 35.1 Å². The van der Waals surface area contributed by atoms with Gasteiger partial charge in [-0.1, -0.05) is 0 Å². The fraction of sp³-hybridized carbons (Fsp3) is 0.444. The lowest BCUT2D eigenvalue weighted by molar-refractivity contribution is 0.00401. The molecular weight excluding hydrogens is 320 g/mol. The third-order valence-corrected chi connectivity index (χ3v) is 3.98. The van der Waals surface area contributed by atoms with Gasteiger partial charge in [0.2, 0.25) is 0 Å². The molecule has 1 aliphatic rings. The van der Waals surface area contributed by atoms with Gasteiger partial charge in [-0.2, -0.15) is 5.10 Å². The summed E-state index contributed by atoms with van der Waals surface area (Å²) < 4.78 is 12.9. The van der Waals surface area contributed by atoms with Gasteiger partial charge < -0.3 is 20.1 Å². The molecular formula is C18H24N4O3. The Morgan fingerprint density at radius 2 is 2.08 bits per heavy atom. The number of carbonyl (C=O) groups is 1. The van der Waals surface area contributed by atoms with Crippen molar-refractivity contribution in [3.63, 3.8) is 0 Å². The maximum atomic E-state index is 12.1. The Kier molecular flexibility index (Phi) is 5.90. The third-order valence-electron chi connectivity index (χ3n) is 3.98. The van der Waals surface area contributed by atoms with Gasteiger partial charge in [-0.25, -0.2) is 4.79 Å². The minimum atomic E-state index is -0.308. The first-order valence-electron chi connectivity index (χ1n) is 8.68. The van der Waals surface area contributed by atoms with E-state index in [0.29, 0.717) is 24.5 Å². The summed E-state index contributed by atoms with van der Waals surface area (Å²) in [7, 11) is 0. The number of nitrogens with zero attached hydrogens (tertiary/aromatic N) is 2. The molecule has 2 N–H and O–H groups in total. The Hall–Kier alpha value is -2.54. The number of ether oxygens (including phenoxy) is 2. The minimum absolute atomic E-state index is 0.208. The summed E-state index contributed by atoms with van der Waals surface area (Å²) in [5, 5.41) is 9.85. The van der Waals surface area contributed by atoms with Crippen LogP contribution in [0.2, 0.25) is 0 Å². The summed E-state index contributed by atoms with van der Waals surface area (Å²) in [5.74, 6) is 0.777. The summed E-state index contributed by atoms with van der Waals surface area (Å²) >= 11 is 0. The molecule has 2 heterocycles. The number of hydrogen-bond acceptors (Lipinski definition) is 4. The molecule has 1 aromatic carbocycles. The van der Waals surface area contributed by atoms with Crippen LogP contribution >= 0.6 is 0 Å². The van der Waals surface area contributed by atoms with Crippen molar-refractivity contribution in [1.82, 2.24) is 9.78 Å². The topological polar surface area (TPSA) is 77.4 Å². The van der Waals surface area contributed by atoms with Gasteiger partial charge in [0.1, 0.15) is 5.75 Å². The van der Waals surface area contributed by atoms with Crippen molar-refractivity contribution >= 4 is 17.4 Å². The van der Waals surface area contributed by atoms with E-state index in [0.717, 1.165) is 25.2 Å². The molecule has 1 aliphatic heterocycles. The number of rotatable bonds is 6. The van der Waals surface area contributed by atoms with Crippen LogP contribution in [0.3, 0.4) is 0 Å². The summed E-state index contributed by atoms with van der Waals surface area (Å²) in [6.07, 6.45) is 7.05. The van der Waals surface area contributed by atoms with E-state index in [1.807, 2.05) is 29.9 Å². The zero-order valence-corrected chi connectivity index (χ0v) is 14.4. The monoisotopic (exact) mass is 344 g/mol. The van der Waals surface area contributed by atoms with Crippen molar-refractivity contribution in [2.45, 2.75) is 38.8 Å². The van der Waals surface area contributed by atoms with E-state index in [4.69, 9.17) is 9.47 Å². The second-order valence-corrected chi connectivity index (χ2v) is 5.98. The molecule has 3 rings (SSSR count). The standard InChI is InChI=1S/C18H24N4O3/c1-2-24-16-8-6-14(7-9-16)20-18(23)21-15-11-19-22(12-15)13-17-5-3-4-10-25-17/h6-9,11-12,17H,2-5,10,13H2,1H3,(H2,20,21,23). The molecule has 0 spiro atoms. The van der Waals surface area contributed by atoms with Gasteiger partial charge in [-0.05, 0) is 50.5 Å². The predicted octanol–water partition coefficient (Wildman–Crippen LogP) is 3.49. The number of nitrogens with one attached hydrogen (secondary N) is 2. The first kappa shape index (κ1) is 17.3. The molecule has 134 valence electrons. The van der Waals surface area contributed by atoms with Crippen molar-refractivity contribution in [3.05, 3.63) is 36.7 Å². The average molecular weight is 344 g/mol. The largest absolute Gasteiger partial charge is 0.494 e. The van der Waals surface area contributed by atoms with Crippen molar-refractivity contribution in [1.29, 1.82) is 0 Å². The fourth-order valence-corrected chi connectivity index (χ4v) is 2.78. The molecule has 0 radical (unpaired) electrons. The number of benzene rings is 1. The lowest BCUT2D eigenvalue weighted by Crippen LogP contribution is -2.24. The molecule has 0 bridgehead atoms. The second-order valence-electron chi connectivity index (χ2n) is 5.98. The highest BCUT2D eigenvalue weighted by Gasteiger charge is 2.15. The lowest BCUT2D eigenvalue weighted by atomic mass is 10.1. The number of hydrogen-bond donors (Lipinski definition) is 2. The number of urea groups is 1. The molecule has 7 nitrogen and oxygen atoms in total. The van der Waals surface area contributed by atoms with E-state index in [-0.39, 0.29) is 12.1 Å². The number of amides is 2. The number of aromatic nitrogens is 2. The molecule has 1 saturated heterocycles. The maximum absolute atomic E-state index is 12.1. The Morgan fingerprint density at radius 1 is 1.28 bits per heavy atom. The average Bonchev–Trinajstić information content (AvgIpc) is 3.04. The van der Waals surface area contributed by atoms with E-state index < -0.39 is 0 Å². The van der Waals surface area contributed by atoms with Gasteiger partial charge in [0.25, 0.3) is 0 Å². The van der Waals surface area contributed by atoms with Crippen LogP contribution in [0.15, 0.2) is 36.7 Å². The summed E-state index contributed by atoms with van der Waals surface area (Å²) in [5.41, 5.74) is 1.35. The zero-order valence-electron chi connectivity index (χ0n) is 14.4. The number of anilines is 2. The molecule has 7 heteroatoms. The van der Waals surface area contributed by atoms with Crippen molar-refractivity contribution in [2.24, 2.45) is 0 Å². The van der Waals surface area contributed by atoms with Crippen LogP contribution in [0.1, 0.15) is 26.2 Å². The number of carbonyl (C=O) groups excluding carboxylic acids is 1. The normalized spacial score (nSPS) is 17.1. The second kappa shape index (κ2) is 8.53. The zero-order chi connectivity index (χ0) is 17.5. The molecule has 1 fully saturated rings. The molecule has 0 aliphatic carbocycles. The predicted molar refractivity (Wildman–Crippen MR) is 96.1 cm³/mol. The van der Waals surface area contributed by atoms with Gasteiger partial charge in [-0.3, -0.25) is 4.68 Å². The SMILES string of the molecule is CCOc1ccc(NC(=O)Nc2cnn(CC3CCCCO3)c2)cc1. The summed E-state index contributed by atoms with van der Waals surface area (Å²) in [4.78, 5) is 12.1. The van der Waals surface area contributed by atoms with E-state index in [1.54, 1.807) is 18.3 Å². The quantitative estimate of drug-likeness (QED) is 0.841. The Balaban J connectivity index is 1.49. The van der Waals surface area contributed by atoms with Crippen LogP contribution in [0.25, 0.3) is 0 Å². The molecule has 1 aromatic heterocycles. The van der Waals surface area contributed by atoms with Crippen molar-refractivity contribution < 1.29 is 14.3 Å². The Labute approximate surface area is 147 Å². The third kappa shape index (κ3) is 5.22. The Bertz CT molecular complexity index is 678. The van der Waals surface area contributed by atoms with Crippen LogP contribution in [0.5, 0.6) is 5.75 Å². The van der Waals surface area contributed by atoms with E-state index in [1.165, 1.54) is 6.42 Å². The summed E-state index contributed by atoms with van der Waals surface area (Å²) in [6, 6.07) is 6.93. The highest BCUT2D eigenvalue weighted by atomic mass is 16.5. The lowest BCUT2D eigenvalue weighted by Gasteiger charge is -2.22. The molecule has 25 heavy (non-hydrogen) atoms. The van der Waals surface area contributed by atoms with Gasteiger partial charge in [0.05, 0.1) is 31.1 Å². The first-order valence-corrected chi connectivity index (χ1v) is 8.68. The molecule has 2 amide bonds. The Morgan fingerprint density at radius 3 is 2.80 bits per heavy atom. The highest BCUT2D eigenvalue weighted by molar-refractivity contribution is 5.99. The van der Waals surface area contributed by atoms with Crippen LogP contribution in [-0.2, 0) is 11.3 Å². The molecule has 1 unspecified atom stereocenters. The van der Waals surface area contributed by atoms with E-state index in [9.17, 15) is 4.79 Å². The maximum Gasteiger partial charge on any atom is 0.323 e. The smallest absolute Gasteiger partial charge is 0.323 e. The molecule has 0 saturated carbocycles. The summed E-state index contributed by atoms with van der Waals surface area (Å²) in [6.45, 7) is 4.08. The van der Waals surface area contributed by atoms with Gasteiger partial charge in [0.15, 0.2) is 0 Å². The first-order chi connectivity index (χ1) is 12.2. The van der Waals surface area contributed by atoms with E-state index in [2.05, 4.69) is 15.7 Å². The van der Waals surface area contributed by atoms with Crippen LogP contribution in [0.4, 0.5) is 16.2 Å². The fourth-order valence-electron chi connectivity index (χ4n) is 2.78. The molecule has 2 aromatic rings. The molecule has 1 atom stereocenters. The van der Waals surface area contributed by atoms with Gasteiger partial charge in [-0.15, -0.1) is 0 Å². The minimum Gasteiger partial charge on any atom is -0.494 e. The van der Waals surface area contributed by atoms with Crippen molar-refractivity contribution in [3.8, 4) is 5.75 Å². The van der Waals surface area contributed by atoms with E-state index >= 15 is 0 Å².